The molecule has 0 saturated heterocycles. The van der Waals surface area contributed by atoms with Gasteiger partial charge in [-0.3, -0.25) is 10.1 Å². The van der Waals surface area contributed by atoms with E-state index in [-0.39, 0.29) is 29.5 Å². The van der Waals surface area contributed by atoms with Gasteiger partial charge in [-0.2, -0.15) is 5.26 Å². The van der Waals surface area contributed by atoms with Crippen molar-refractivity contribution in [2.24, 2.45) is 0 Å². The number of hydrogen-bond acceptors (Lipinski definition) is 4. The molecule has 0 aliphatic rings. The van der Waals surface area contributed by atoms with E-state index in [1.807, 2.05) is 6.07 Å². The molecule has 6 heteroatoms. The van der Waals surface area contributed by atoms with Crippen molar-refractivity contribution in [3.63, 3.8) is 0 Å². The molecule has 0 radical (unpaired) electrons. The van der Waals surface area contributed by atoms with Crippen molar-refractivity contribution >= 4 is 17.3 Å². The van der Waals surface area contributed by atoms with E-state index < -0.39 is 4.92 Å². The summed E-state index contributed by atoms with van der Waals surface area (Å²) in [5.41, 5.74) is -0.000842. The van der Waals surface area contributed by atoms with E-state index in [1.54, 1.807) is 0 Å². The van der Waals surface area contributed by atoms with Crippen molar-refractivity contribution in [2.75, 3.05) is 12.5 Å². The highest BCUT2D eigenvalue weighted by Gasteiger charge is 2.15. The summed E-state index contributed by atoms with van der Waals surface area (Å²) >= 11 is 5.39. The van der Waals surface area contributed by atoms with E-state index in [1.165, 1.54) is 18.2 Å². The lowest BCUT2D eigenvalue weighted by Gasteiger charge is -2.04. The van der Waals surface area contributed by atoms with Gasteiger partial charge in [-0.1, -0.05) is 0 Å². The van der Waals surface area contributed by atoms with Crippen LogP contribution in [0.25, 0.3) is 0 Å². The molecule has 1 aromatic carbocycles. The summed E-state index contributed by atoms with van der Waals surface area (Å²) < 4.78 is 5.06. The Bertz CT molecular complexity index is 414. The molecular weight excluding hydrogens is 220 g/mol. The molecule has 5 nitrogen and oxygen atoms in total. The highest BCUT2D eigenvalue weighted by atomic mass is 35.5. The molecule has 0 saturated carbocycles. The summed E-state index contributed by atoms with van der Waals surface area (Å²) in [7, 11) is 0. The number of halogens is 1. The summed E-state index contributed by atoms with van der Waals surface area (Å²) in [5, 5.41) is 19.2. The summed E-state index contributed by atoms with van der Waals surface area (Å²) in [5.74, 6) is 0.372. The van der Waals surface area contributed by atoms with Crippen LogP contribution in [-0.2, 0) is 0 Å². The number of benzene rings is 1. The second-order valence-corrected chi connectivity index (χ2v) is 2.97. The van der Waals surface area contributed by atoms with Crippen LogP contribution in [0.2, 0.25) is 0 Å². The van der Waals surface area contributed by atoms with Gasteiger partial charge in [0.2, 0.25) is 0 Å². The first-order valence-corrected chi connectivity index (χ1v) is 4.59. The maximum atomic E-state index is 10.6. The van der Waals surface area contributed by atoms with Gasteiger partial charge >= 0.3 is 5.69 Å². The SMILES string of the molecule is N#Cc1ccc(OCCCl)c([N+](=O)[O-])c1. The Morgan fingerprint density at radius 1 is 1.60 bits per heavy atom. The van der Waals surface area contributed by atoms with Crippen LogP contribution in [0, 0.1) is 21.4 Å². The van der Waals surface area contributed by atoms with Gasteiger partial charge in [0.15, 0.2) is 5.75 Å². The Balaban J connectivity index is 3.05. The van der Waals surface area contributed by atoms with Gasteiger partial charge in [-0.25, -0.2) is 0 Å². The lowest BCUT2D eigenvalue weighted by atomic mass is 10.2. The molecule has 15 heavy (non-hydrogen) atoms. The van der Waals surface area contributed by atoms with Gasteiger partial charge < -0.3 is 4.74 Å². The Morgan fingerprint density at radius 2 is 2.33 bits per heavy atom. The van der Waals surface area contributed by atoms with Crippen molar-refractivity contribution in [3.8, 4) is 11.8 Å². The van der Waals surface area contributed by atoms with Gasteiger partial charge in [0.1, 0.15) is 6.61 Å². The Morgan fingerprint density at radius 3 is 2.87 bits per heavy atom. The van der Waals surface area contributed by atoms with Crippen LogP contribution in [-0.4, -0.2) is 17.4 Å². The van der Waals surface area contributed by atoms with Gasteiger partial charge in [-0.15, -0.1) is 11.6 Å². The number of nitro groups is 1. The van der Waals surface area contributed by atoms with E-state index in [2.05, 4.69) is 0 Å². The van der Waals surface area contributed by atoms with Crippen LogP contribution < -0.4 is 4.74 Å². The van der Waals surface area contributed by atoms with Crippen LogP contribution in [0.4, 0.5) is 5.69 Å². The zero-order valence-electron chi connectivity index (χ0n) is 7.64. The first kappa shape index (κ1) is 11.3. The molecule has 78 valence electrons. The minimum atomic E-state index is -0.593. The number of rotatable bonds is 4. The zero-order chi connectivity index (χ0) is 11.3. The predicted molar refractivity (Wildman–Crippen MR) is 54.0 cm³/mol. The molecule has 0 aliphatic heterocycles. The second kappa shape index (κ2) is 5.17. The second-order valence-electron chi connectivity index (χ2n) is 2.59. The van der Waals surface area contributed by atoms with Crippen LogP contribution in [0.15, 0.2) is 18.2 Å². The monoisotopic (exact) mass is 226 g/mol. The highest BCUT2D eigenvalue weighted by Crippen LogP contribution is 2.27. The first-order chi connectivity index (χ1) is 7.19. The van der Waals surface area contributed by atoms with E-state index >= 15 is 0 Å². The van der Waals surface area contributed by atoms with Crippen LogP contribution in [0.1, 0.15) is 5.56 Å². The number of hydrogen-bond donors (Lipinski definition) is 0. The summed E-state index contributed by atoms with van der Waals surface area (Å²) in [6, 6.07) is 5.84. The Kier molecular flexibility index (Phi) is 3.89. The van der Waals surface area contributed by atoms with Gasteiger partial charge in [-0.05, 0) is 12.1 Å². The van der Waals surface area contributed by atoms with Gasteiger partial charge in [0, 0.05) is 6.07 Å². The first-order valence-electron chi connectivity index (χ1n) is 4.06. The summed E-state index contributed by atoms with van der Waals surface area (Å²) in [6.07, 6.45) is 0. The minimum absolute atomic E-state index is 0.125. The largest absolute Gasteiger partial charge is 0.486 e. The number of alkyl halides is 1. The topological polar surface area (TPSA) is 76.2 Å². The van der Waals surface area contributed by atoms with E-state index in [0.29, 0.717) is 0 Å². The quantitative estimate of drug-likeness (QED) is 0.447. The number of nitriles is 1. The normalized spacial score (nSPS) is 9.33. The average molecular weight is 227 g/mol. The smallest absolute Gasteiger partial charge is 0.312 e. The third-order valence-corrected chi connectivity index (χ3v) is 1.77. The molecule has 0 bridgehead atoms. The standard InChI is InChI=1S/C9H7ClN2O3/c10-3-4-15-9-2-1-7(6-11)5-8(9)12(13)14/h1-2,5H,3-4H2. The maximum Gasteiger partial charge on any atom is 0.312 e. The molecule has 0 atom stereocenters. The highest BCUT2D eigenvalue weighted by molar-refractivity contribution is 6.18. The molecule has 0 unspecified atom stereocenters. The average Bonchev–Trinajstić information content (AvgIpc) is 2.26. The fourth-order valence-corrected chi connectivity index (χ4v) is 1.08. The molecule has 1 aromatic rings. The molecule has 0 fully saturated rings. The summed E-state index contributed by atoms with van der Waals surface area (Å²) in [4.78, 5) is 10.0. The van der Waals surface area contributed by atoms with E-state index in [4.69, 9.17) is 21.6 Å². The third-order valence-electron chi connectivity index (χ3n) is 1.62. The minimum Gasteiger partial charge on any atom is -0.486 e. The van der Waals surface area contributed by atoms with Crippen molar-refractivity contribution in [3.05, 3.63) is 33.9 Å². The Labute approximate surface area is 91.0 Å². The Hall–Kier alpha value is -1.80. The maximum absolute atomic E-state index is 10.6. The van der Waals surface area contributed by atoms with Gasteiger partial charge in [0.05, 0.1) is 22.4 Å². The molecule has 0 heterocycles. The lowest BCUT2D eigenvalue weighted by Crippen LogP contribution is -2.01. The van der Waals surface area contributed by atoms with E-state index in [9.17, 15) is 10.1 Å². The van der Waals surface area contributed by atoms with Crippen molar-refractivity contribution < 1.29 is 9.66 Å². The molecule has 0 amide bonds. The van der Waals surface area contributed by atoms with Crippen LogP contribution in [0.5, 0.6) is 5.75 Å². The molecule has 0 spiro atoms. The van der Waals surface area contributed by atoms with Crippen LogP contribution >= 0.6 is 11.6 Å². The zero-order valence-corrected chi connectivity index (χ0v) is 8.40. The van der Waals surface area contributed by atoms with Gasteiger partial charge in [0.25, 0.3) is 0 Å². The molecule has 0 N–H and O–H groups in total. The molecular formula is C9H7ClN2O3. The van der Waals surface area contributed by atoms with Crippen molar-refractivity contribution in [2.45, 2.75) is 0 Å². The summed E-state index contributed by atoms with van der Waals surface area (Å²) in [6.45, 7) is 0.189. The molecule has 1 rings (SSSR count). The lowest BCUT2D eigenvalue weighted by molar-refractivity contribution is -0.385. The number of nitro benzene ring substituents is 1. The van der Waals surface area contributed by atoms with Crippen molar-refractivity contribution in [1.82, 2.24) is 0 Å². The molecule has 0 aromatic heterocycles. The van der Waals surface area contributed by atoms with Crippen molar-refractivity contribution in [1.29, 1.82) is 5.26 Å². The molecule has 0 aliphatic carbocycles. The number of nitrogens with zero attached hydrogens (tertiary/aromatic N) is 2. The number of ether oxygens (including phenoxy) is 1. The third kappa shape index (κ3) is 2.82. The fraction of sp³-hybridized carbons (Fsp3) is 0.222. The van der Waals surface area contributed by atoms with Crippen LogP contribution in [0.3, 0.4) is 0 Å². The fourth-order valence-electron chi connectivity index (χ4n) is 1.00. The van der Waals surface area contributed by atoms with E-state index in [0.717, 1.165) is 0 Å². The predicted octanol–water partition coefficient (Wildman–Crippen LogP) is 2.08.